The first kappa shape index (κ1) is 11.2. The van der Waals surface area contributed by atoms with Crippen LogP contribution < -0.4 is 0 Å². The van der Waals surface area contributed by atoms with Gasteiger partial charge < -0.3 is 0 Å². The van der Waals surface area contributed by atoms with Crippen LogP contribution in [-0.2, 0) is 6.18 Å². The smallest absolute Gasteiger partial charge is 0.231 e. The van der Waals surface area contributed by atoms with Crippen LogP contribution in [0.1, 0.15) is 17.7 Å². The molecule has 1 aromatic rings. The highest BCUT2D eigenvalue weighted by Gasteiger charge is 2.37. The second kappa shape index (κ2) is 3.68. The number of halogens is 6. The minimum absolute atomic E-state index is 0.471. The Morgan fingerprint density at radius 3 is 2.21 bits per heavy atom. The molecule has 0 aliphatic rings. The first-order valence-electron chi connectivity index (χ1n) is 3.34. The normalized spacial score (nSPS) is 12.2. The second-order valence-electron chi connectivity index (χ2n) is 2.37. The van der Waals surface area contributed by atoms with Crippen LogP contribution in [0.5, 0.6) is 0 Å². The number of aromatic nitrogens is 1. The van der Waals surface area contributed by atoms with Crippen molar-refractivity contribution in [2.45, 2.75) is 12.6 Å². The van der Waals surface area contributed by atoms with Crippen molar-refractivity contribution in [1.82, 2.24) is 4.98 Å². The fourth-order valence-corrected chi connectivity index (χ4v) is 0.997. The van der Waals surface area contributed by atoms with E-state index in [0.717, 1.165) is 6.07 Å². The molecule has 14 heavy (non-hydrogen) atoms. The van der Waals surface area contributed by atoms with Gasteiger partial charge in [0.1, 0.15) is 5.15 Å². The number of pyridine rings is 1. The molecule has 0 saturated carbocycles. The molecule has 1 heterocycles. The highest BCUT2D eigenvalue weighted by atomic mass is 35.5. The molecule has 0 radical (unpaired) electrons. The summed E-state index contributed by atoms with van der Waals surface area (Å²) in [5.74, 6) is 0. The lowest BCUT2D eigenvalue weighted by atomic mass is 10.2. The molecule has 0 spiro atoms. The summed E-state index contributed by atoms with van der Waals surface area (Å²) in [6.07, 6.45) is -8.15. The molecule has 0 aliphatic carbocycles. The van der Waals surface area contributed by atoms with E-state index in [1.54, 1.807) is 0 Å². The molecule has 78 valence electrons. The molecule has 0 N–H and O–H groups in total. The zero-order chi connectivity index (χ0) is 10.9. The minimum atomic E-state index is -4.92. The summed E-state index contributed by atoms with van der Waals surface area (Å²) in [7, 11) is 0. The molecule has 0 saturated heterocycles. The van der Waals surface area contributed by atoms with Gasteiger partial charge >= 0.3 is 6.18 Å². The molecule has 1 aromatic heterocycles. The standard InChI is InChI=1S/C7H3ClF5N/c8-4-2-1-3(6(9)10)5(14-4)7(11,12)13/h1-2,6H. The SMILES string of the molecule is FC(F)c1ccc(Cl)nc1C(F)(F)F. The Morgan fingerprint density at radius 2 is 1.79 bits per heavy atom. The van der Waals surface area contributed by atoms with E-state index in [9.17, 15) is 22.0 Å². The van der Waals surface area contributed by atoms with Gasteiger partial charge in [-0.1, -0.05) is 11.6 Å². The van der Waals surface area contributed by atoms with Crippen molar-refractivity contribution < 1.29 is 22.0 Å². The summed E-state index contributed by atoms with van der Waals surface area (Å²) in [6, 6.07) is 1.50. The van der Waals surface area contributed by atoms with Crippen LogP contribution in [0.15, 0.2) is 12.1 Å². The monoisotopic (exact) mass is 231 g/mol. The molecule has 1 nitrogen and oxygen atoms in total. The summed E-state index contributed by atoms with van der Waals surface area (Å²) < 4.78 is 60.6. The minimum Gasteiger partial charge on any atom is -0.231 e. The summed E-state index contributed by atoms with van der Waals surface area (Å²) in [5, 5.41) is -0.471. The van der Waals surface area contributed by atoms with Crippen molar-refractivity contribution in [3.05, 3.63) is 28.5 Å². The Balaban J connectivity index is 3.30. The molecule has 0 bridgehead atoms. The highest BCUT2D eigenvalue weighted by molar-refractivity contribution is 6.29. The largest absolute Gasteiger partial charge is 0.433 e. The van der Waals surface area contributed by atoms with E-state index in [-0.39, 0.29) is 0 Å². The molecule has 0 aliphatic heterocycles. The van der Waals surface area contributed by atoms with Gasteiger partial charge in [0.2, 0.25) is 0 Å². The summed E-state index contributed by atoms with van der Waals surface area (Å²) in [6.45, 7) is 0. The molecular weight excluding hydrogens is 229 g/mol. The number of rotatable bonds is 1. The predicted molar refractivity (Wildman–Crippen MR) is 39.2 cm³/mol. The Hall–Kier alpha value is -0.910. The van der Waals surface area contributed by atoms with E-state index in [1.165, 1.54) is 0 Å². The van der Waals surface area contributed by atoms with Crippen LogP contribution in [0.3, 0.4) is 0 Å². The number of nitrogens with zero attached hydrogens (tertiary/aromatic N) is 1. The van der Waals surface area contributed by atoms with Gasteiger partial charge in [-0.15, -0.1) is 0 Å². The molecule has 1 rings (SSSR count). The lowest BCUT2D eigenvalue weighted by molar-refractivity contribution is -0.143. The van der Waals surface area contributed by atoms with Gasteiger partial charge in [0.15, 0.2) is 5.69 Å². The van der Waals surface area contributed by atoms with Crippen LogP contribution in [0.2, 0.25) is 5.15 Å². The quantitative estimate of drug-likeness (QED) is 0.531. The lowest BCUT2D eigenvalue weighted by Crippen LogP contribution is -2.12. The maximum Gasteiger partial charge on any atom is 0.433 e. The Morgan fingerprint density at radius 1 is 1.21 bits per heavy atom. The summed E-state index contributed by atoms with van der Waals surface area (Å²) in [4.78, 5) is 2.83. The number of alkyl halides is 5. The third-order valence-corrected chi connectivity index (χ3v) is 1.61. The number of hydrogen-bond donors (Lipinski definition) is 0. The zero-order valence-electron chi connectivity index (χ0n) is 6.45. The van der Waals surface area contributed by atoms with Gasteiger partial charge in [-0.3, -0.25) is 0 Å². The summed E-state index contributed by atoms with van der Waals surface area (Å²) in [5.41, 5.74) is -2.80. The van der Waals surface area contributed by atoms with Gasteiger partial charge in [-0.05, 0) is 12.1 Å². The molecule has 0 amide bonds. The van der Waals surface area contributed by atoms with E-state index < -0.39 is 29.0 Å². The van der Waals surface area contributed by atoms with E-state index >= 15 is 0 Å². The molecule has 0 unspecified atom stereocenters. The second-order valence-corrected chi connectivity index (χ2v) is 2.76. The first-order valence-corrected chi connectivity index (χ1v) is 3.72. The average molecular weight is 232 g/mol. The molecule has 7 heteroatoms. The van der Waals surface area contributed by atoms with E-state index in [1.807, 2.05) is 0 Å². The highest BCUT2D eigenvalue weighted by Crippen LogP contribution is 2.35. The zero-order valence-corrected chi connectivity index (χ0v) is 7.20. The molecular formula is C7H3ClF5N. The van der Waals surface area contributed by atoms with Crippen molar-refractivity contribution >= 4 is 11.6 Å². The molecule has 0 atom stereocenters. The lowest BCUT2D eigenvalue weighted by Gasteiger charge is -2.10. The van der Waals surface area contributed by atoms with Crippen molar-refractivity contribution in [3.63, 3.8) is 0 Å². The fourth-order valence-electron chi connectivity index (χ4n) is 0.849. The van der Waals surface area contributed by atoms with Crippen LogP contribution in [0.25, 0.3) is 0 Å². The fraction of sp³-hybridized carbons (Fsp3) is 0.286. The third-order valence-electron chi connectivity index (χ3n) is 1.40. The van der Waals surface area contributed by atoms with Gasteiger partial charge in [0, 0.05) is 5.56 Å². The first-order chi connectivity index (χ1) is 6.32. The number of hydrogen-bond acceptors (Lipinski definition) is 1. The van der Waals surface area contributed by atoms with E-state index in [4.69, 9.17) is 11.6 Å². The van der Waals surface area contributed by atoms with Gasteiger partial charge in [-0.2, -0.15) is 13.2 Å². The molecule has 0 fully saturated rings. The van der Waals surface area contributed by atoms with E-state index in [0.29, 0.717) is 6.07 Å². The van der Waals surface area contributed by atoms with Crippen molar-refractivity contribution in [2.75, 3.05) is 0 Å². The Kier molecular flexibility index (Phi) is 2.94. The maximum absolute atomic E-state index is 12.1. The van der Waals surface area contributed by atoms with Crippen LogP contribution in [0.4, 0.5) is 22.0 Å². The van der Waals surface area contributed by atoms with Crippen LogP contribution in [0, 0.1) is 0 Å². The van der Waals surface area contributed by atoms with Gasteiger partial charge in [-0.25, -0.2) is 13.8 Å². The predicted octanol–water partition coefficient (Wildman–Crippen LogP) is 3.69. The van der Waals surface area contributed by atoms with Crippen molar-refractivity contribution in [3.8, 4) is 0 Å². The van der Waals surface area contributed by atoms with Gasteiger partial charge in [0.05, 0.1) is 0 Å². The van der Waals surface area contributed by atoms with Crippen LogP contribution in [-0.4, -0.2) is 4.98 Å². The third kappa shape index (κ3) is 2.31. The van der Waals surface area contributed by atoms with Gasteiger partial charge in [0.25, 0.3) is 6.43 Å². The van der Waals surface area contributed by atoms with Crippen molar-refractivity contribution in [2.24, 2.45) is 0 Å². The van der Waals surface area contributed by atoms with E-state index in [2.05, 4.69) is 4.98 Å². The Labute approximate surface area is 80.5 Å². The average Bonchev–Trinajstić information content (AvgIpc) is 2.01. The summed E-state index contributed by atoms with van der Waals surface area (Å²) >= 11 is 5.17. The maximum atomic E-state index is 12.1. The van der Waals surface area contributed by atoms with Crippen molar-refractivity contribution in [1.29, 1.82) is 0 Å². The van der Waals surface area contributed by atoms with Crippen LogP contribution >= 0.6 is 11.6 Å². The Bertz CT molecular complexity index is 335. The molecule has 0 aromatic carbocycles. The topological polar surface area (TPSA) is 12.9 Å².